The molecule has 1 saturated heterocycles. The molecule has 4 nitrogen and oxygen atoms in total. The van der Waals surface area contributed by atoms with Crippen molar-refractivity contribution in [2.24, 2.45) is 5.92 Å². The molecule has 0 radical (unpaired) electrons. The Kier molecular flexibility index (Phi) is 7.35. The Morgan fingerprint density at radius 3 is 2.86 bits per heavy atom. The number of hydrogen-bond donors (Lipinski definition) is 1. The molecule has 1 saturated carbocycles. The number of likely N-dealkylation sites (tertiary alicyclic amines) is 1. The zero-order valence-corrected chi connectivity index (χ0v) is 15.3. The molecule has 5 heteroatoms. The molecule has 2 rings (SSSR count). The van der Waals surface area contributed by atoms with Crippen LogP contribution >= 0.6 is 11.8 Å². The molecule has 0 spiro atoms. The fraction of sp³-hybridized carbons (Fsp3) is 0.941. The number of piperidine rings is 1. The normalized spacial score (nSPS) is 30.0. The summed E-state index contributed by atoms with van der Waals surface area (Å²) in [7, 11) is 4.13. The van der Waals surface area contributed by atoms with Gasteiger partial charge in [-0.1, -0.05) is 13.3 Å². The second-order valence-electron chi connectivity index (χ2n) is 7.04. The largest absolute Gasteiger partial charge is 0.335 e. The van der Waals surface area contributed by atoms with Crippen LogP contribution in [0.15, 0.2) is 0 Å². The van der Waals surface area contributed by atoms with E-state index in [4.69, 9.17) is 0 Å². The van der Waals surface area contributed by atoms with Crippen LogP contribution in [0.25, 0.3) is 0 Å². The van der Waals surface area contributed by atoms with E-state index in [2.05, 4.69) is 24.2 Å². The molecule has 22 heavy (non-hydrogen) atoms. The predicted octanol–water partition coefficient (Wildman–Crippen LogP) is 3.03. The first kappa shape index (κ1) is 17.9. The van der Waals surface area contributed by atoms with Gasteiger partial charge in [0, 0.05) is 31.4 Å². The molecule has 1 aliphatic heterocycles. The number of nitrogens with one attached hydrogen (secondary N) is 1. The zero-order valence-electron chi connectivity index (χ0n) is 14.5. The van der Waals surface area contributed by atoms with Crippen LogP contribution in [0.5, 0.6) is 0 Å². The van der Waals surface area contributed by atoms with E-state index in [9.17, 15) is 4.79 Å². The van der Waals surface area contributed by atoms with E-state index in [0.717, 1.165) is 31.2 Å². The number of carbonyl (C=O) groups excluding carboxylic acids is 1. The van der Waals surface area contributed by atoms with Gasteiger partial charge in [-0.15, -0.1) is 0 Å². The maximum absolute atomic E-state index is 12.4. The molecular weight excluding hydrogens is 294 g/mol. The van der Waals surface area contributed by atoms with Gasteiger partial charge in [0.05, 0.1) is 0 Å². The standard InChI is InChI=1S/C17H33N3OS/c1-4-22-16-9-5-8-15(11-16)18-17(21)20(3)13-14-7-6-10-19(2)12-14/h14-16H,4-13H2,1-3H3,(H,18,21)/t14-,15+,16-/m1/s1. The molecule has 128 valence electrons. The van der Waals surface area contributed by atoms with E-state index in [1.54, 1.807) is 0 Å². The smallest absolute Gasteiger partial charge is 0.317 e. The summed E-state index contributed by atoms with van der Waals surface area (Å²) in [4.78, 5) is 16.7. The minimum absolute atomic E-state index is 0.125. The Morgan fingerprint density at radius 1 is 1.32 bits per heavy atom. The lowest BCUT2D eigenvalue weighted by Gasteiger charge is -2.34. The number of carbonyl (C=O) groups is 1. The van der Waals surface area contributed by atoms with Gasteiger partial charge in [0.2, 0.25) is 0 Å². The summed E-state index contributed by atoms with van der Waals surface area (Å²) in [6.07, 6.45) is 7.36. The van der Waals surface area contributed by atoms with Crippen LogP contribution in [-0.4, -0.2) is 66.6 Å². The first-order chi connectivity index (χ1) is 10.6. The molecule has 2 amide bonds. The molecule has 1 heterocycles. The SMILES string of the molecule is CCS[C@@H]1CCC[C@H](NC(=O)N(C)C[C@@H]2CCCN(C)C2)C1. The fourth-order valence-corrected chi connectivity index (χ4v) is 5.01. The lowest BCUT2D eigenvalue weighted by molar-refractivity contribution is 0.160. The van der Waals surface area contributed by atoms with Crippen molar-refractivity contribution in [2.45, 2.75) is 56.7 Å². The first-order valence-corrected chi connectivity index (χ1v) is 9.95. The van der Waals surface area contributed by atoms with Crippen LogP contribution < -0.4 is 5.32 Å². The minimum atomic E-state index is 0.125. The molecule has 1 N–H and O–H groups in total. The van der Waals surface area contributed by atoms with Crippen molar-refractivity contribution in [3.05, 3.63) is 0 Å². The Labute approximate surface area is 140 Å². The second kappa shape index (κ2) is 9.02. The minimum Gasteiger partial charge on any atom is -0.335 e. The van der Waals surface area contributed by atoms with Crippen molar-refractivity contribution < 1.29 is 4.79 Å². The molecule has 3 atom stereocenters. The monoisotopic (exact) mass is 327 g/mol. The van der Waals surface area contributed by atoms with Gasteiger partial charge in [0.1, 0.15) is 0 Å². The molecule has 2 aliphatic rings. The van der Waals surface area contributed by atoms with E-state index < -0.39 is 0 Å². The third-order valence-electron chi connectivity index (χ3n) is 4.96. The predicted molar refractivity (Wildman–Crippen MR) is 95.6 cm³/mol. The molecule has 0 aromatic rings. The van der Waals surface area contributed by atoms with E-state index in [1.807, 2.05) is 23.7 Å². The highest BCUT2D eigenvalue weighted by Gasteiger charge is 2.25. The third kappa shape index (κ3) is 5.65. The highest BCUT2D eigenvalue weighted by Crippen LogP contribution is 2.28. The van der Waals surface area contributed by atoms with Crippen molar-refractivity contribution in [3.8, 4) is 0 Å². The Balaban J connectivity index is 1.73. The van der Waals surface area contributed by atoms with Gasteiger partial charge in [-0.25, -0.2) is 4.79 Å². The molecule has 0 aromatic heterocycles. The van der Waals surface area contributed by atoms with E-state index >= 15 is 0 Å². The van der Waals surface area contributed by atoms with Gasteiger partial charge >= 0.3 is 6.03 Å². The highest BCUT2D eigenvalue weighted by molar-refractivity contribution is 7.99. The van der Waals surface area contributed by atoms with Crippen molar-refractivity contribution in [1.82, 2.24) is 15.1 Å². The second-order valence-corrected chi connectivity index (χ2v) is 8.62. The number of rotatable bonds is 5. The lowest BCUT2D eigenvalue weighted by Crippen LogP contribution is -2.48. The van der Waals surface area contributed by atoms with E-state index in [1.165, 1.54) is 38.0 Å². The summed E-state index contributed by atoms with van der Waals surface area (Å²) in [6, 6.07) is 0.502. The maximum atomic E-state index is 12.4. The van der Waals surface area contributed by atoms with Gasteiger partial charge in [0.25, 0.3) is 0 Å². The van der Waals surface area contributed by atoms with Crippen LogP contribution in [0.2, 0.25) is 0 Å². The number of thioether (sulfide) groups is 1. The summed E-state index contributed by atoms with van der Waals surface area (Å²) < 4.78 is 0. The molecule has 1 aliphatic carbocycles. The summed E-state index contributed by atoms with van der Waals surface area (Å²) >= 11 is 2.05. The Bertz CT molecular complexity index is 351. The van der Waals surface area contributed by atoms with Crippen LogP contribution in [0, 0.1) is 5.92 Å². The van der Waals surface area contributed by atoms with Gasteiger partial charge in [-0.3, -0.25) is 0 Å². The van der Waals surface area contributed by atoms with E-state index in [0.29, 0.717) is 12.0 Å². The lowest BCUT2D eigenvalue weighted by atomic mass is 9.95. The number of hydrogen-bond acceptors (Lipinski definition) is 3. The van der Waals surface area contributed by atoms with E-state index in [-0.39, 0.29) is 6.03 Å². The zero-order chi connectivity index (χ0) is 15.9. The molecular formula is C17H33N3OS. The van der Waals surface area contributed by atoms with Crippen molar-refractivity contribution in [1.29, 1.82) is 0 Å². The number of urea groups is 1. The summed E-state index contributed by atoms with van der Waals surface area (Å²) in [5.41, 5.74) is 0. The average Bonchev–Trinajstić information content (AvgIpc) is 2.48. The van der Waals surface area contributed by atoms with Gasteiger partial charge in [-0.05, 0) is 57.4 Å². The highest BCUT2D eigenvalue weighted by atomic mass is 32.2. The van der Waals surface area contributed by atoms with Crippen LogP contribution in [-0.2, 0) is 0 Å². The molecule has 0 bridgehead atoms. The molecule has 0 aromatic carbocycles. The topological polar surface area (TPSA) is 35.6 Å². The molecule has 2 fully saturated rings. The van der Waals surface area contributed by atoms with Crippen molar-refractivity contribution >= 4 is 17.8 Å². The Hall–Kier alpha value is -0.420. The first-order valence-electron chi connectivity index (χ1n) is 8.90. The summed E-state index contributed by atoms with van der Waals surface area (Å²) in [5, 5.41) is 4.01. The average molecular weight is 328 g/mol. The Morgan fingerprint density at radius 2 is 2.14 bits per heavy atom. The summed E-state index contributed by atoms with van der Waals surface area (Å²) in [5.74, 6) is 1.81. The number of nitrogens with zero attached hydrogens (tertiary/aromatic N) is 2. The van der Waals surface area contributed by atoms with Crippen LogP contribution in [0.4, 0.5) is 4.79 Å². The van der Waals surface area contributed by atoms with Gasteiger partial charge in [-0.2, -0.15) is 11.8 Å². The summed E-state index contributed by atoms with van der Waals surface area (Å²) in [6.45, 7) is 5.43. The van der Waals surface area contributed by atoms with Crippen molar-refractivity contribution in [3.63, 3.8) is 0 Å². The number of amides is 2. The van der Waals surface area contributed by atoms with Crippen LogP contribution in [0.3, 0.4) is 0 Å². The fourth-order valence-electron chi connectivity index (χ4n) is 3.84. The van der Waals surface area contributed by atoms with Gasteiger partial charge in [0.15, 0.2) is 0 Å². The van der Waals surface area contributed by atoms with Crippen LogP contribution in [0.1, 0.15) is 45.4 Å². The van der Waals surface area contributed by atoms with Crippen molar-refractivity contribution in [2.75, 3.05) is 39.5 Å². The van der Waals surface area contributed by atoms with Gasteiger partial charge < -0.3 is 15.1 Å². The maximum Gasteiger partial charge on any atom is 0.317 e. The third-order valence-corrected chi connectivity index (χ3v) is 6.19. The molecule has 0 unspecified atom stereocenters. The quantitative estimate of drug-likeness (QED) is 0.843.